The molecular weight excluding hydrogens is 476 g/mol. The number of fused-ring (bicyclic) bond motifs is 2. The van der Waals surface area contributed by atoms with Gasteiger partial charge < -0.3 is 5.11 Å². The predicted molar refractivity (Wildman–Crippen MR) is 121 cm³/mol. The number of thiol groups is 1. The third-order valence-electron chi connectivity index (χ3n) is 4.73. The van der Waals surface area contributed by atoms with Crippen molar-refractivity contribution in [2.75, 3.05) is 0 Å². The summed E-state index contributed by atoms with van der Waals surface area (Å²) in [6, 6.07) is 14.7. The first-order chi connectivity index (χ1) is 15.0. The lowest BCUT2D eigenvalue weighted by atomic mass is 10.1. The largest absolute Gasteiger partial charge is 0.504 e. The van der Waals surface area contributed by atoms with Gasteiger partial charge in [0.15, 0.2) is 5.75 Å². The SMILES string of the molecule is O=S(=O)(O)c1ccc2c(N=Nc3ccc(S)c4ccccc34)c(O)c(S(=O)(=O)O)cc2c1. The average Bonchev–Trinajstić information content (AvgIpc) is 2.72. The van der Waals surface area contributed by atoms with Gasteiger partial charge in [0.2, 0.25) is 0 Å². The van der Waals surface area contributed by atoms with Crippen LogP contribution in [0.3, 0.4) is 0 Å². The molecule has 0 spiro atoms. The molecule has 0 saturated carbocycles. The molecule has 0 unspecified atom stereocenters. The number of phenolic OH excluding ortho intramolecular Hbond substituents is 1. The minimum absolute atomic E-state index is 0.0185. The number of phenols is 1. The first kappa shape index (κ1) is 22.2. The van der Waals surface area contributed by atoms with E-state index in [1.807, 2.05) is 12.1 Å². The molecule has 32 heavy (non-hydrogen) atoms. The summed E-state index contributed by atoms with van der Waals surface area (Å²) in [5, 5.41) is 20.3. The maximum absolute atomic E-state index is 11.8. The Bertz CT molecular complexity index is 1650. The van der Waals surface area contributed by atoms with Crippen LogP contribution in [-0.4, -0.2) is 31.0 Å². The van der Waals surface area contributed by atoms with Crippen LogP contribution in [0.15, 0.2) is 85.6 Å². The summed E-state index contributed by atoms with van der Waals surface area (Å²) in [5.74, 6) is -0.863. The third kappa shape index (κ3) is 4.06. The van der Waals surface area contributed by atoms with E-state index in [9.17, 15) is 31.0 Å². The molecule has 164 valence electrons. The molecule has 0 aliphatic rings. The number of hydrogen-bond acceptors (Lipinski definition) is 8. The van der Waals surface area contributed by atoms with E-state index in [4.69, 9.17) is 0 Å². The topological polar surface area (TPSA) is 154 Å². The van der Waals surface area contributed by atoms with Crippen LogP contribution in [0.2, 0.25) is 0 Å². The van der Waals surface area contributed by atoms with Crippen LogP contribution >= 0.6 is 12.6 Å². The lowest BCUT2D eigenvalue weighted by Crippen LogP contribution is -2.00. The standard InChI is InChI=1S/C20H14N2O7S3/c23-20-18(32(27,28)29)10-11-9-12(31(24,25)26)5-6-13(11)19(20)22-21-16-7-8-17(30)15-4-2-1-3-14(15)16/h1-10,23,30H,(H,24,25,26)(H,27,28,29). The molecule has 4 rings (SSSR count). The van der Waals surface area contributed by atoms with Gasteiger partial charge in [-0.25, -0.2) is 0 Å². The molecule has 0 fully saturated rings. The van der Waals surface area contributed by atoms with Crippen LogP contribution in [0, 0.1) is 0 Å². The van der Waals surface area contributed by atoms with Gasteiger partial charge in [-0.1, -0.05) is 30.3 Å². The Morgan fingerprint density at radius 1 is 0.750 bits per heavy atom. The second-order valence-electron chi connectivity index (χ2n) is 6.75. The Morgan fingerprint density at radius 2 is 1.44 bits per heavy atom. The highest BCUT2D eigenvalue weighted by Gasteiger charge is 2.23. The third-order valence-corrected chi connectivity index (χ3v) is 6.84. The summed E-state index contributed by atoms with van der Waals surface area (Å²) in [4.78, 5) is -0.684. The Hall–Kier alpha value is -3.03. The number of nitrogens with zero attached hydrogens (tertiary/aromatic N) is 2. The fourth-order valence-corrected chi connectivity index (χ4v) is 4.65. The van der Waals surface area contributed by atoms with Gasteiger partial charge >= 0.3 is 0 Å². The monoisotopic (exact) mass is 490 g/mol. The molecule has 0 heterocycles. The van der Waals surface area contributed by atoms with Crippen LogP contribution in [0.5, 0.6) is 5.75 Å². The summed E-state index contributed by atoms with van der Waals surface area (Å²) in [7, 11) is -9.48. The zero-order valence-corrected chi connectivity index (χ0v) is 18.4. The Morgan fingerprint density at radius 3 is 2.09 bits per heavy atom. The number of rotatable bonds is 4. The number of hydrogen-bond donors (Lipinski definition) is 4. The summed E-state index contributed by atoms with van der Waals surface area (Å²) < 4.78 is 65.2. The molecule has 4 aromatic rings. The second kappa shape index (κ2) is 7.83. The van der Waals surface area contributed by atoms with Crippen molar-refractivity contribution in [2.45, 2.75) is 14.7 Å². The smallest absolute Gasteiger partial charge is 0.298 e. The fraction of sp³-hybridized carbons (Fsp3) is 0. The number of aromatic hydroxyl groups is 1. The molecule has 0 aromatic heterocycles. The van der Waals surface area contributed by atoms with Crippen molar-refractivity contribution in [3.05, 3.63) is 60.7 Å². The van der Waals surface area contributed by atoms with Gasteiger partial charge in [0.05, 0.1) is 10.6 Å². The molecule has 9 nitrogen and oxygen atoms in total. The summed E-state index contributed by atoms with van der Waals surface area (Å²) in [6.07, 6.45) is 0. The fourth-order valence-electron chi connectivity index (χ4n) is 3.25. The van der Waals surface area contributed by atoms with Crippen molar-refractivity contribution in [1.29, 1.82) is 0 Å². The van der Waals surface area contributed by atoms with Crippen molar-refractivity contribution >= 4 is 65.8 Å². The van der Waals surface area contributed by atoms with E-state index in [-0.39, 0.29) is 16.5 Å². The predicted octanol–water partition coefficient (Wildman–Crippen LogP) is 4.90. The summed E-state index contributed by atoms with van der Waals surface area (Å²) >= 11 is 4.40. The van der Waals surface area contributed by atoms with Crippen LogP contribution in [-0.2, 0) is 20.2 Å². The zero-order chi connectivity index (χ0) is 23.3. The molecule has 3 N–H and O–H groups in total. The van der Waals surface area contributed by atoms with Crippen molar-refractivity contribution in [2.24, 2.45) is 10.2 Å². The van der Waals surface area contributed by atoms with Gasteiger partial charge in [-0.2, -0.15) is 16.8 Å². The highest BCUT2D eigenvalue weighted by atomic mass is 32.2. The maximum atomic E-state index is 11.8. The van der Waals surface area contributed by atoms with E-state index < -0.39 is 35.8 Å². The molecule has 0 radical (unpaired) electrons. The lowest BCUT2D eigenvalue weighted by molar-refractivity contribution is 0.445. The van der Waals surface area contributed by atoms with Gasteiger partial charge in [-0.05, 0) is 41.1 Å². The van der Waals surface area contributed by atoms with Gasteiger partial charge in [-0.15, -0.1) is 22.9 Å². The molecule has 0 aliphatic carbocycles. The minimum Gasteiger partial charge on any atom is -0.504 e. The minimum atomic E-state index is -4.89. The molecule has 4 aromatic carbocycles. The first-order valence-corrected chi connectivity index (χ1v) is 12.2. The average molecular weight is 491 g/mol. The lowest BCUT2D eigenvalue weighted by Gasteiger charge is -2.10. The first-order valence-electron chi connectivity index (χ1n) is 8.84. The van der Waals surface area contributed by atoms with Crippen molar-refractivity contribution in [3.63, 3.8) is 0 Å². The van der Waals surface area contributed by atoms with E-state index in [0.29, 0.717) is 16.0 Å². The van der Waals surface area contributed by atoms with Crippen molar-refractivity contribution in [1.82, 2.24) is 0 Å². The molecule has 0 aliphatic heterocycles. The Balaban J connectivity index is 2.00. The van der Waals surface area contributed by atoms with Gasteiger partial charge in [0, 0.05) is 15.7 Å². The quantitative estimate of drug-likeness (QED) is 0.180. The van der Waals surface area contributed by atoms with E-state index >= 15 is 0 Å². The van der Waals surface area contributed by atoms with Crippen LogP contribution in [0.25, 0.3) is 21.5 Å². The van der Waals surface area contributed by atoms with Crippen molar-refractivity contribution < 1.29 is 31.0 Å². The van der Waals surface area contributed by atoms with E-state index in [1.165, 1.54) is 6.07 Å². The second-order valence-corrected chi connectivity index (χ2v) is 10.0. The maximum Gasteiger partial charge on any atom is 0.298 e. The highest BCUT2D eigenvalue weighted by molar-refractivity contribution is 7.86. The van der Waals surface area contributed by atoms with Crippen LogP contribution in [0.4, 0.5) is 11.4 Å². The molecule has 0 saturated heterocycles. The summed E-state index contributed by atoms with van der Waals surface area (Å²) in [6.45, 7) is 0. The zero-order valence-electron chi connectivity index (χ0n) is 15.9. The van der Waals surface area contributed by atoms with E-state index in [1.54, 1.807) is 24.3 Å². The Labute approximate surface area is 188 Å². The van der Waals surface area contributed by atoms with Gasteiger partial charge in [0.25, 0.3) is 20.2 Å². The van der Waals surface area contributed by atoms with E-state index in [2.05, 4.69) is 22.9 Å². The summed E-state index contributed by atoms with van der Waals surface area (Å²) in [5.41, 5.74) is 0.0915. The molecule has 12 heteroatoms. The number of azo groups is 1. The Kier molecular flexibility index (Phi) is 5.43. The molecule has 0 bridgehead atoms. The molecule has 0 atom stereocenters. The van der Waals surface area contributed by atoms with Crippen LogP contribution in [0.1, 0.15) is 0 Å². The number of benzene rings is 4. The normalized spacial score (nSPS) is 12.7. The molecular formula is C20H14N2O7S3. The molecule has 0 amide bonds. The van der Waals surface area contributed by atoms with E-state index in [0.717, 1.165) is 23.6 Å². The highest BCUT2D eigenvalue weighted by Crippen LogP contribution is 2.42. The van der Waals surface area contributed by atoms with Crippen LogP contribution < -0.4 is 0 Å². The van der Waals surface area contributed by atoms with Gasteiger partial charge in [0.1, 0.15) is 10.6 Å². The van der Waals surface area contributed by atoms with Crippen molar-refractivity contribution in [3.8, 4) is 5.75 Å². The van der Waals surface area contributed by atoms with Gasteiger partial charge in [-0.3, -0.25) is 9.11 Å².